The summed E-state index contributed by atoms with van der Waals surface area (Å²) in [6, 6.07) is 5.53. The molecule has 0 spiro atoms. The van der Waals surface area contributed by atoms with Crippen LogP contribution in [0.3, 0.4) is 0 Å². The van der Waals surface area contributed by atoms with E-state index >= 15 is 0 Å². The van der Waals surface area contributed by atoms with Gasteiger partial charge in [-0.2, -0.15) is 0 Å². The second kappa shape index (κ2) is 8.29. The number of imide groups is 1. The first kappa shape index (κ1) is 21.3. The van der Waals surface area contributed by atoms with Gasteiger partial charge in [-0.15, -0.1) is 0 Å². The number of likely N-dealkylation sites (tertiary alicyclic amines) is 1. The molecule has 31 heavy (non-hydrogen) atoms. The lowest BCUT2D eigenvalue weighted by molar-refractivity contribution is -0.147. The highest BCUT2D eigenvalue weighted by Crippen LogP contribution is 2.53. The van der Waals surface area contributed by atoms with E-state index in [1.54, 1.807) is 31.2 Å². The zero-order chi connectivity index (χ0) is 22.3. The van der Waals surface area contributed by atoms with Gasteiger partial charge in [0.15, 0.2) is 0 Å². The number of hydrogen-bond donors (Lipinski definition) is 1. The minimum Gasteiger partial charge on any atom is -0.462 e. The summed E-state index contributed by atoms with van der Waals surface area (Å²) in [4.78, 5) is 52.6. The highest BCUT2D eigenvalue weighted by molar-refractivity contribution is 6.10. The number of carbonyl (C=O) groups excluding carboxylic acids is 4. The van der Waals surface area contributed by atoms with Gasteiger partial charge in [0.05, 0.1) is 24.0 Å². The molecule has 0 radical (unpaired) electrons. The van der Waals surface area contributed by atoms with Gasteiger partial charge >= 0.3 is 5.97 Å². The molecule has 1 aliphatic heterocycles. The van der Waals surface area contributed by atoms with Crippen LogP contribution in [0.25, 0.3) is 0 Å². The number of allylic oxidation sites excluding steroid dienone is 2. The third-order valence-corrected chi connectivity index (χ3v) is 6.48. The number of nitrogens with one attached hydrogen (secondary N) is 1. The van der Waals surface area contributed by atoms with E-state index in [1.165, 1.54) is 4.90 Å². The Hall–Kier alpha value is -2.96. The Kier molecular flexibility index (Phi) is 5.69. The smallest absolute Gasteiger partial charge is 0.338 e. The maximum absolute atomic E-state index is 13.2. The molecule has 1 saturated heterocycles. The van der Waals surface area contributed by atoms with Crippen molar-refractivity contribution in [1.29, 1.82) is 0 Å². The average molecular weight is 424 g/mol. The van der Waals surface area contributed by atoms with Crippen molar-refractivity contribution >= 4 is 29.4 Å². The molecule has 5 atom stereocenters. The monoisotopic (exact) mass is 424 g/mol. The summed E-state index contributed by atoms with van der Waals surface area (Å²) in [7, 11) is 0. The van der Waals surface area contributed by atoms with Gasteiger partial charge < -0.3 is 10.1 Å². The van der Waals surface area contributed by atoms with E-state index in [9.17, 15) is 19.2 Å². The van der Waals surface area contributed by atoms with Crippen LogP contribution in [0.5, 0.6) is 0 Å². The van der Waals surface area contributed by atoms with Gasteiger partial charge in [0.2, 0.25) is 17.7 Å². The average Bonchev–Trinajstić information content (AvgIpc) is 3.41. The number of esters is 1. The van der Waals surface area contributed by atoms with Crippen LogP contribution in [-0.4, -0.2) is 41.2 Å². The number of benzene rings is 1. The van der Waals surface area contributed by atoms with Crippen LogP contribution in [0.2, 0.25) is 0 Å². The lowest BCUT2D eigenvalue weighted by Crippen LogP contribution is -2.49. The van der Waals surface area contributed by atoms with Gasteiger partial charge in [-0.1, -0.05) is 26.0 Å². The molecule has 2 bridgehead atoms. The Labute approximate surface area is 181 Å². The van der Waals surface area contributed by atoms with E-state index in [0.29, 0.717) is 17.7 Å². The topological polar surface area (TPSA) is 92.8 Å². The minimum absolute atomic E-state index is 0.106. The molecular weight excluding hydrogens is 396 g/mol. The van der Waals surface area contributed by atoms with E-state index in [-0.39, 0.29) is 53.9 Å². The summed E-state index contributed by atoms with van der Waals surface area (Å²) in [5.41, 5.74) is 0.882. The molecule has 2 aliphatic carbocycles. The normalized spacial score (nSPS) is 27.0. The van der Waals surface area contributed by atoms with Crippen molar-refractivity contribution in [3.63, 3.8) is 0 Å². The quantitative estimate of drug-likeness (QED) is 0.413. The lowest BCUT2D eigenvalue weighted by Gasteiger charge is -2.28. The zero-order valence-corrected chi connectivity index (χ0v) is 18.0. The Balaban J connectivity index is 1.52. The van der Waals surface area contributed by atoms with Crippen LogP contribution in [0.15, 0.2) is 36.4 Å². The number of fused-ring (bicyclic) bond motifs is 5. The maximum atomic E-state index is 13.2. The highest BCUT2D eigenvalue weighted by Gasteiger charge is 2.61. The summed E-state index contributed by atoms with van der Waals surface area (Å²) in [5, 5.41) is 2.81. The van der Waals surface area contributed by atoms with E-state index in [0.717, 1.165) is 6.42 Å². The number of anilines is 1. The summed E-state index contributed by atoms with van der Waals surface area (Å²) >= 11 is 0. The molecule has 3 aliphatic rings. The Bertz CT molecular complexity index is 906. The first-order valence-corrected chi connectivity index (χ1v) is 10.9. The molecule has 7 heteroatoms. The first-order chi connectivity index (χ1) is 14.8. The molecular formula is C24H28N2O5. The first-order valence-electron chi connectivity index (χ1n) is 10.9. The summed E-state index contributed by atoms with van der Waals surface area (Å²) < 4.78 is 4.97. The van der Waals surface area contributed by atoms with Crippen LogP contribution < -0.4 is 5.32 Å². The number of ether oxygens (including phenoxy) is 1. The fourth-order valence-electron chi connectivity index (χ4n) is 5.14. The molecule has 1 aromatic carbocycles. The molecule has 1 saturated carbocycles. The molecule has 4 rings (SSSR count). The Morgan fingerprint density at radius 3 is 2.16 bits per heavy atom. The molecule has 1 aromatic rings. The zero-order valence-electron chi connectivity index (χ0n) is 18.0. The van der Waals surface area contributed by atoms with E-state index in [2.05, 4.69) is 5.32 Å². The second-order valence-electron chi connectivity index (χ2n) is 8.98. The molecule has 1 heterocycles. The van der Waals surface area contributed by atoms with Crippen molar-refractivity contribution in [2.24, 2.45) is 29.6 Å². The summed E-state index contributed by atoms with van der Waals surface area (Å²) in [6.45, 7) is 5.94. The van der Waals surface area contributed by atoms with Gasteiger partial charge in [-0.3, -0.25) is 19.3 Å². The fourth-order valence-corrected chi connectivity index (χ4v) is 5.14. The Morgan fingerprint density at radius 1 is 1.06 bits per heavy atom. The third kappa shape index (κ3) is 3.77. The van der Waals surface area contributed by atoms with Crippen molar-refractivity contribution in [3.05, 3.63) is 42.0 Å². The van der Waals surface area contributed by atoms with Gasteiger partial charge in [-0.25, -0.2) is 4.79 Å². The molecule has 3 amide bonds. The maximum Gasteiger partial charge on any atom is 0.338 e. The lowest BCUT2D eigenvalue weighted by atomic mass is 9.85. The highest BCUT2D eigenvalue weighted by atomic mass is 16.5. The van der Waals surface area contributed by atoms with Crippen LogP contribution in [-0.2, 0) is 19.1 Å². The molecule has 164 valence electrons. The van der Waals surface area contributed by atoms with Crippen LogP contribution >= 0.6 is 0 Å². The molecule has 0 unspecified atom stereocenters. The predicted octanol–water partition coefficient (Wildman–Crippen LogP) is 3.02. The molecule has 1 N–H and O–H groups in total. The van der Waals surface area contributed by atoms with Crippen molar-refractivity contribution in [3.8, 4) is 0 Å². The summed E-state index contributed by atoms with van der Waals surface area (Å²) in [6.07, 6.45) is 5.34. The Morgan fingerprint density at radius 2 is 1.65 bits per heavy atom. The largest absolute Gasteiger partial charge is 0.462 e. The van der Waals surface area contributed by atoms with Gasteiger partial charge in [0.25, 0.3) is 0 Å². The van der Waals surface area contributed by atoms with E-state index in [4.69, 9.17) is 4.74 Å². The van der Waals surface area contributed by atoms with E-state index < -0.39 is 12.0 Å². The van der Waals surface area contributed by atoms with Crippen LogP contribution in [0, 0.1) is 29.6 Å². The van der Waals surface area contributed by atoms with E-state index in [1.807, 2.05) is 26.0 Å². The number of amides is 3. The van der Waals surface area contributed by atoms with Gasteiger partial charge in [-0.05, 0) is 61.8 Å². The standard InChI is InChI=1S/C24H28N2O5/c1-4-31-24(30)14-7-9-17(10-8-14)25-21(27)18(11-13(2)3)26-22(28)19-15-5-6-16(12-15)20(19)23(26)29/h5-10,13,15-16,18-20H,4,11-12H2,1-3H3,(H,25,27)/t15-,16+,18-,19+,20-/m1/s1. The van der Waals surface area contributed by atoms with Crippen molar-refractivity contribution in [2.75, 3.05) is 11.9 Å². The predicted molar refractivity (Wildman–Crippen MR) is 114 cm³/mol. The van der Waals surface area contributed by atoms with Gasteiger partial charge in [0.1, 0.15) is 6.04 Å². The molecule has 0 aromatic heterocycles. The van der Waals surface area contributed by atoms with Crippen LogP contribution in [0.4, 0.5) is 5.69 Å². The number of carbonyl (C=O) groups is 4. The third-order valence-electron chi connectivity index (χ3n) is 6.48. The van der Waals surface area contributed by atoms with Crippen molar-refractivity contribution in [1.82, 2.24) is 4.90 Å². The SMILES string of the molecule is CCOC(=O)c1ccc(NC(=O)[C@@H](CC(C)C)N2C(=O)[C@@H]3[C@H](C2=O)[C@H]2C=C[C@@H]3C2)cc1. The minimum atomic E-state index is -0.852. The van der Waals surface area contributed by atoms with Crippen LogP contribution in [0.1, 0.15) is 44.0 Å². The van der Waals surface area contributed by atoms with Crippen molar-refractivity contribution in [2.45, 2.75) is 39.7 Å². The fraction of sp³-hybridized carbons (Fsp3) is 0.500. The molecule has 2 fully saturated rings. The molecule has 7 nitrogen and oxygen atoms in total. The van der Waals surface area contributed by atoms with Gasteiger partial charge in [0, 0.05) is 5.69 Å². The number of hydrogen-bond acceptors (Lipinski definition) is 5. The number of rotatable bonds is 7. The number of nitrogens with zero attached hydrogens (tertiary/aromatic N) is 1. The van der Waals surface area contributed by atoms with Crippen molar-refractivity contribution < 1.29 is 23.9 Å². The second-order valence-corrected chi connectivity index (χ2v) is 8.98. The summed E-state index contributed by atoms with van der Waals surface area (Å²) in [5.74, 6) is -1.57.